The number of aromatic nitrogens is 1. The molecule has 4 rings (SSSR count). The first kappa shape index (κ1) is 44.2. The van der Waals surface area contributed by atoms with Gasteiger partial charge in [0.25, 0.3) is 11.8 Å². The van der Waals surface area contributed by atoms with Crippen molar-refractivity contribution >= 4 is 41.2 Å². The van der Waals surface area contributed by atoms with E-state index in [0.717, 1.165) is 41.2 Å². The van der Waals surface area contributed by atoms with Crippen LogP contribution < -0.4 is 15.5 Å². The van der Waals surface area contributed by atoms with E-state index in [4.69, 9.17) is 0 Å². The molecule has 2 aliphatic heterocycles. The number of nitrogens with zero attached hydrogens (tertiary/aromatic N) is 3. The van der Waals surface area contributed by atoms with Crippen LogP contribution in [-0.4, -0.2) is 72.0 Å². The van der Waals surface area contributed by atoms with Gasteiger partial charge in [0.15, 0.2) is 0 Å². The zero-order chi connectivity index (χ0) is 38.1. The molecule has 52 heavy (non-hydrogen) atoms. The lowest BCUT2D eigenvalue weighted by atomic mass is 10.1. The van der Waals surface area contributed by atoms with Gasteiger partial charge in [-0.25, -0.2) is 4.98 Å². The number of amides is 2. The SMILES string of the molecule is C=C/C(=C\C=C(/C)NC)C(=O)N1CCC/C=C(/C(=O)NCCC)SC(C)C2=CC1C=CC=C2.C=C/C=C\SCC.Cc1cccnc1N1CCCC1. The highest BCUT2D eigenvalue weighted by Crippen LogP contribution is 2.31. The van der Waals surface area contributed by atoms with Crippen LogP contribution in [0.5, 0.6) is 0 Å². The number of aryl methyl sites for hydroxylation is 1. The second kappa shape index (κ2) is 25.9. The fourth-order valence-corrected chi connectivity index (χ4v) is 6.89. The summed E-state index contributed by atoms with van der Waals surface area (Å²) in [5, 5.41) is 8.17. The van der Waals surface area contributed by atoms with E-state index in [1.165, 1.54) is 37.3 Å². The molecule has 0 spiro atoms. The van der Waals surface area contributed by atoms with Gasteiger partial charge in [0.05, 0.1) is 10.9 Å². The molecule has 0 radical (unpaired) electrons. The summed E-state index contributed by atoms with van der Waals surface area (Å²) in [6, 6.07) is 3.95. The molecule has 0 saturated carbocycles. The van der Waals surface area contributed by atoms with Crippen molar-refractivity contribution in [2.75, 3.05) is 43.9 Å². The molecule has 1 saturated heterocycles. The lowest BCUT2D eigenvalue weighted by Crippen LogP contribution is -2.40. The van der Waals surface area contributed by atoms with Gasteiger partial charge >= 0.3 is 0 Å². The third-order valence-electron chi connectivity index (χ3n) is 8.40. The van der Waals surface area contributed by atoms with E-state index in [9.17, 15) is 9.59 Å². The minimum atomic E-state index is -0.168. The third-order valence-corrected chi connectivity index (χ3v) is 10.3. The maximum Gasteiger partial charge on any atom is 0.257 e. The van der Waals surface area contributed by atoms with Crippen LogP contribution >= 0.6 is 23.5 Å². The Hall–Kier alpha value is -3.95. The lowest BCUT2D eigenvalue weighted by molar-refractivity contribution is -0.127. The number of carbonyl (C=O) groups excluding carboxylic acids is 2. The molecule has 2 unspecified atom stereocenters. The number of hydrogen-bond donors (Lipinski definition) is 2. The van der Waals surface area contributed by atoms with Crippen molar-refractivity contribution in [3.05, 3.63) is 131 Å². The molecule has 2 N–H and O–H groups in total. The van der Waals surface area contributed by atoms with E-state index in [-0.39, 0.29) is 23.1 Å². The minimum Gasteiger partial charge on any atom is -0.392 e. The summed E-state index contributed by atoms with van der Waals surface area (Å²) >= 11 is 3.36. The van der Waals surface area contributed by atoms with E-state index in [2.05, 4.69) is 72.7 Å². The number of rotatable bonds is 11. The lowest BCUT2D eigenvalue weighted by Gasteiger charge is -2.29. The summed E-state index contributed by atoms with van der Waals surface area (Å²) in [6.07, 6.45) is 28.2. The van der Waals surface area contributed by atoms with Crippen molar-refractivity contribution in [3.63, 3.8) is 0 Å². The van der Waals surface area contributed by atoms with E-state index in [1.807, 2.05) is 86.0 Å². The van der Waals surface area contributed by atoms with E-state index >= 15 is 0 Å². The van der Waals surface area contributed by atoms with Crippen LogP contribution in [0.25, 0.3) is 0 Å². The Kier molecular flexibility index (Phi) is 22.0. The number of nitrogens with one attached hydrogen (secondary N) is 2. The first-order chi connectivity index (χ1) is 25.2. The Labute approximate surface area is 322 Å². The largest absolute Gasteiger partial charge is 0.392 e. The molecule has 2 atom stereocenters. The van der Waals surface area contributed by atoms with Gasteiger partial charge in [-0.1, -0.05) is 87.8 Å². The van der Waals surface area contributed by atoms with Crippen molar-refractivity contribution < 1.29 is 9.59 Å². The molecule has 1 fully saturated rings. The van der Waals surface area contributed by atoms with Gasteiger partial charge in [-0.3, -0.25) is 9.59 Å². The van der Waals surface area contributed by atoms with Crippen molar-refractivity contribution in [2.45, 2.75) is 78.0 Å². The Morgan fingerprint density at radius 1 is 1.12 bits per heavy atom. The Morgan fingerprint density at radius 2 is 1.88 bits per heavy atom. The van der Waals surface area contributed by atoms with Crippen LogP contribution in [0.2, 0.25) is 0 Å². The topological polar surface area (TPSA) is 77.6 Å². The average molecular weight is 744 g/mol. The fourth-order valence-electron chi connectivity index (χ4n) is 5.41. The third kappa shape index (κ3) is 15.7. The van der Waals surface area contributed by atoms with Crippen LogP contribution in [0.3, 0.4) is 0 Å². The molecule has 9 heteroatoms. The summed E-state index contributed by atoms with van der Waals surface area (Å²) in [4.78, 5) is 35.6. The van der Waals surface area contributed by atoms with Gasteiger partial charge in [0.2, 0.25) is 0 Å². The highest BCUT2D eigenvalue weighted by molar-refractivity contribution is 8.04. The predicted octanol–water partition coefficient (Wildman–Crippen LogP) is 9.23. The number of allylic oxidation sites excluding steroid dienone is 9. The minimum absolute atomic E-state index is 0.0164. The normalized spacial score (nSPS) is 20.1. The number of carbonyl (C=O) groups is 2. The van der Waals surface area contributed by atoms with Crippen molar-refractivity contribution in [3.8, 4) is 0 Å². The highest BCUT2D eigenvalue weighted by Gasteiger charge is 2.25. The second-order valence-corrected chi connectivity index (χ2v) is 15.0. The molecule has 3 heterocycles. The summed E-state index contributed by atoms with van der Waals surface area (Å²) < 4.78 is 0. The summed E-state index contributed by atoms with van der Waals surface area (Å²) in [7, 11) is 1.85. The quantitative estimate of drug-likeness (QED) is 0.173. The maximum atomic E-state index is 13.5. The molecule has 1 aromatic rings. The monoisotopic (exact) mass is 743 g/mol. The van der Waals surface area contributed by atoms with Crippen LogP contribution in [0.4, 0.5) is 5.82 Å². The maximum absolute atomic E-state index is 13.5. The number of hydrogen-bond acceptors (Lipinski definition) is 7. The molecule has 0 aromatic carbocycles. The molecular weight excluding hydrogens is 683 g/mol. The van der Waals surface area contributed by atoms with Gasteiger partial charge in [-0.2, -0.15) is 0 Å². The Morgan fingerprint density at radius 3 is 2.54 bits per heavy atom. The Bertz CT molecular complexity index is 1510. The smallest absolute Gasteiger partial charge is 0.257 e. The number of thioether (sulfide) groups is 2. The van der Waals surface area contributed by atoms with Gasteiger partial charge in [-0.15, -0.1) is 23.5 Å². The molecule has 2 amide bonds. The van der Waals surface area contributed by atoms with Crippen LogP contribution in [0.1, 0.15) is 65.4 Å². The van der Waals surface area contributed by atoms with Crippen molar-refractivity contribution in [1.82, 2.24) is 20.5 Å². The zero-order valence-corrected chi connectivity index (χ0v) is 33.9. The van der Waals surface area contributed by atoms with E-state index in [0.29, 0.717) is 18.7 Å². The van der Waals surface area contributed by atoms with E-state index < -0.39 is 0 Å². The highest BCUT2D eigenvalue weighted by atomic mass is 32.2. The van der Waals surface area contributed by atoms with E-state index in [1.54, 1.807) is 35.7 Å². The van der Waals surface area contributed by atoms with Gasteiger partial charge in [0.1, 0.15) is 5.82 Å². The molecule has 282 valence electrons. The first-order valence-electron chi connectivity index (χ1n) is 18.5. The zero-order valence-electron chi connectivity index (χ0n) is 32.3. The van der Waals surface area contributed by atoms with Crippen molar-refractivity contribution in [2.24, 2.45) is 0 Å². The van der Waals surface area contributed by atoms with Crippen LogP contribution in [0, 0.1) is 6.92 Å². The predicted molar refractivity (Wildman–Crippen MR) is 229 cm³/mol. The number of pyridine rings is 1. The van der Waals surface area contributed by atoms with Gasteiger partial charge in [0, 0.05) is 55.9 Å². The second-order valence-electron chi connectivity index (χ2n) is 12.4. The summed E-state index contributed by atoms with van der Waals surface area (Å²) in [5.74, 6) is 2.25. The molecule has 7 nitrogen and oxygen atoms in total. The molecule has 3 aliphatic rings. The van der Waals surface area contributed by atoms with Crippen LogP contribution in [0.15, 0.2) is 125 Å². The molecule has 1 aliphatic carbocycles. The summed E-state index contributed by atoms with van der Waals surface area (Å²) in [6.45, 7) is 21.4. The summed E-state index contributed by atoms with van der Waals surface area (Å²) in [5.41, 5.74) is 3.90. The Balaban J connectivity index is 0.000000397. The van der Waals surface area contributed by atoms with Crippen molar-refractivity contribution in [1.29, 1.82) is 0 Å². The molecular formula is C43H61N5O2S2. The number of fused-ring (bicyclic) bond motifs is 1. The molecule has 1 aromatic heterocycles. The fraction of sp³-hybridized carbons (Fsp3) is 0.419. The standard InChI is InChI=1S/C27H37N3O2S.C10H14N2.C6H10S/c1-6-17-29-26(31)25-14-10-11-18-30(27(32)22(7-2)16-15-20(3)28-5)24-13-9-8-12-23(19-24)21(4)33-25;1-9-5-4-6-11-10(9)12-7-2-3-8-12;1-3-5-6-7-4-2/h7-9,12-16,19,21,24,28H,2,6,10-11,17-18H2,1,3-5H3,(H,29,31);4-6H,2-3,7-8H2,1H3;3,5-6H,1,4H2,2H3/b20-15+,22-16+,25-14-;;6-5-. The van der Waals surface area contributed by atoms with Crippen LogP contribution in [-0.2, 0) is 9.59 Å². The molecule has 2 bridgehead atoms. The van der Waals surface area contributed by atoms with Gasteiger partial charge < -0.3 is 20.4 Å². The first-order valence-corrected chi connectivity index (χ1v) is 20.4. The average Bonchev–Trinajstić information content (AvgIpc) is 3.57. The number of anilines is 1. The van der Waals surface area contributed by atoms with Gasteiger partial charge in [-0.05, 0) is 93.4 Å².